The van der Waals surface area contributed by atoms with Crippen molar-refractivity contribution in [2.45, 2.75) is 19.1 Å². The average Bonchev–Trinajstić information content (AvgIpc) is 2.63. The minimum Gasteiger partial charge on any atom is -0.368 e. The summed E-state index contributed by atoms with van der Waals surface area (Å²) in [5, 5.41) is 5.96. The maximum absolute atomic E-state index is 13.3. The third-order valence-corrected chi connectivity index (χ3v) is 4.46. The molecule has 0 bridgehead atoms. The Balaban J connectivity index is 2.12. The SMILES string of the molecule is C[C@@H]1CN(SI)C[C@H](c2cn[nH]c2F)O1. The third-order valence-electron chi connectivity index (χ3n) is 2.29. The van der Waals surface area contributed by atoms with E-state index in [4.69, 9.17) is 4.74 Å². The molecule has 0 aliphatic carbocycles. The Kier molecular flexibility index (Phi) is 3.86. The molecule has 0 unspecified atom stereocenters. The Morgan fingerprint density at radius 1 is 1.73 bits per heavy atom. The molecule has 0 saturated carbocycles. The summed E-state index contributed by atoms with van der Waals surface area (Å²) in [6.45, 7) is 3.54. The average molecular weight is 343 g/mol. The fraction of sp³-hybridized carbons (Fsp3) is 0.625. The number of hydrogen-bond donors (Lipinski definition) is 1. The summed E-state index contributed by atoms with van der Waals surface area (Å²) in [4.78, 5) is 0. The van der Waals surface area contributed by atoms with E-state index >= 15 is 0 Å². The number of aromatic nitrogens is 2. The zero-order valence-corrected chi connectivity index (χ0v) is 11.1. The monoisotopic (exact) mass is 343 g/mol. The van der Waals surface area contributed by atoms with Gasteiger partial charge in [0.05, 0.1) is 17.9 Å². The second kappa shape index (κ2) is 4.98. The second-order valence-electron chi connectivity index (χ2n) is 3.49. The van der Waals surface area contributed by atoms with Gasteiger partial charge < -0.3 is 4.74 Å². The van der Waals surface area contributed by atoms with Crippen LogP contribution in [0.5, 0.6) is 0 Å². The highest BCUT2D eigenvalue weighted by molar-refractivity contribution is 14.2. The van der Waals surface area contributed by atoms with Crippen molar-refractivity contribution in [3.63, 3.8) is 0 Å². The van der Waals surface area contributed by atoms with E-state index in [1.165, 1.54) is 6.20 Å². The van der Waals surface area contributed by atoms with Gasteiger partial charge in [0.2, 0.25) is 5.95 Å². The van der Waals surface area contributed by atoms with Crippen molar-refractivity contribution in [2.24, 2.45) is 0 Å². The van der Waals surface area contributed by atoms with E-state index in [1.807, 2.05) is 6.92 Å². The topological polar surface area (TPSA) is 41.2 Å². The van der Waals surface area contributed by atoms with Crippen LogP contribution in [-0.4, -0.2) is 33.7 Å². The quantitative estimate of drug-likeness (QED) is 0.661. The molecule has 1 fully saturated rings. The summed E-state index contributed by atoms with van der Waals surface area (Å²) in [5.74, 6) is -0.396. The van der Waals surface area contributed by atoms with E-state index in [-0.39, 0.29) is 12.2 Å². The summed E-state index contributed by atoms with van der Waals surface area (Å²) in [5.41, 5.74) is 0.511. The van der Waals surface area contributed by atoms with Crippen LogP contribution in [0.1, 0.15) is 18.6 Å². The molecule has 0 aromatic carbocycles. The van der Waals surface area contributed by atoms with Gasteiger partial charge in [-0.15, -0.1) is 0 Å². The van der Waals surface area contributed by atoms with Crippen LogP contribution < -0.4 is 0 Å². The fourth-order valence-electron chi connectivity index (χ4n) is 1.64. The minimum absolute atomic E-state index is 0.111. The van der Waals surface area contributed by atoms with Crippen LogP contribution in [-0.2, 0) is 4.74 Å². The molecule has 1 aliphatic rings. The van der Waals surface area contributed by atoms with Gasteiger partial charge in [0.1, 0.15) is 6.10 Å². The predicted molar refractivity (Wildman–Crippen MR) is 65.0 cm³/mol. The van der Waals surface area contributed by atoms with Gasteiger partial charge in [-0.3, -0.25) is 5.10 Å². The number of nitrogens with zero attached hydrogens (tertiary/aromatic N) is 2. The highest BCUT2D eigenvalue weighted by Crippen LogP contribution is 2.31. The Morgan fingerprint density at radius 3 is 3.13 bits per heavy atom. The Bertz CT molecular complexity index is 337. The highest BCUT2D eigenvalue weighted by atomic mass is 127. The Hall–Kier alpha value is 0.140. The van der Waals surface area contributed by atoms with Gasteiger partial charge in [0, 0.05) is 34.3 Å². The fourth-order valence-corrected chi connectivity index (χ4v) is 3.07. The molecule has 0 spiro atoms. The molecule has 2 rings (SSSR count). The van der Waals surface area contributed by atoms with Crippen LogP contribution >= 0.6 is 30.3 Å². The van der Waals surface area contributed by atoms with Crippen LogP contribution in [0.25, 0.3) is 0 Å². The maximum atomic E-state index is 13.3. The van der Waals surface area contributed by atoms with Crippen LogP contribution in [0.3, 0.4) is 0 Å². The third kappa shape index (κ3) is 2.63. The van der Waals surface area contributed by atoms with E-state index in [9.17, 15) is 4.39 Å². The first kappa shape index (κ1) is 11.6. The number of rotatable bonds is 2. The lowest BCUT2D eigenvalue weighted by molar-refractivity contribution is -0.0541. The van der Waals surface area contributed by atoms with Crippen LogP contribution in [0.2, 0.25) is 0 Å². The molecule has 1 saturated heterocycles. The van der Waals surface area contributed by atoms with Crippen molar-refractivity contribution < 1.29 is 9.13 Å². The summed E-state index contributed by atoms with van der Waals surface area (Å²) < 4.78 is 21.1. The molecule has 1 aromatic rings. The van der Waals surface area contributed by atoms with Crippen LogP contribution in [0.15, 0.2) is 6.20 Å². The summed E-state index contributed by atoms with van der Waals surface area (Å²) >= 11 is 2.22. The largest absolute Gasteiger partial charge is 0.368 e. The zero-order valence-electron chi connectivity index (χ0n) is 8.11. The molecule has 0 amide bonds. The molecule has 0 radical (unpaired) electrons. The molecule has 4 nitrogen and oxygen atoms in total. The van der Waals surface area contributed by atoms with Crippen molar-refractivity contribution in [2.75, 3.05) is 13.1 Å². The van der Waals surface area contributed by atoms with Crippen molar-refractivity contribution in [1.82, 2.24) is 14.5 Å². The minimum atomic E-state index is -0.396. The lowest BCUT2D eigenvalue weighted by atomic mass is 10.1. The zero-order chi connectivity index (χ0) is 10.8. The van der Waals surface area contributed by atoms with E-state index in [0.717, 1.165) is 6.54 Å². The number of halogens is 2. The summed E-state index contributed by atoms with van der Waals surface area (Å²) in [6, 6.07) is 0. The molecule has 7 heteroatoms. The van der Waals surface area contributed by atoms with Crippen molar-refractivity contribution >= 4 is 30.3 Å². The summed E-state index contributed by atoms with van der Waals surface area (Å²) in [7, 11) is 1.63. The van der Waals surface area contributed by atoms with E-state index < -0.39 is 5.95 Å². The van der Waals surface area contributed by atoms with Crippen molar-refractivity contribution in [3.8, 4) is 0 Å². The van der Waals surface area contributed by atoms with Gasteiger partial charge in [-0.1, -0.05) is 0 Å². The van der Waals surface area contributed by atoms with Crippen molar-refractivity contribution in [3.05, 3.63) is 17.7 Å². The number of nitrogens with one attached hydrogen (secondary N) is 1. The molecular formula is C8H11FIN3OS. The summed E-state index contributed by atoms with van der Waals surface area (Å²) in [6.07, 6.45) is 1.38. The molecule has 2 atom stereocenters. The number of H-pyrrole nitrogens is 1. The number of hydrogen-bond acceptors (Lipinski definition) is 4. The number of aromatic amines is 1. The molecule has 1 N–H and O–H groups in total. The van der Waals surface area contributed by atoms with Crippen LogP contribution in [0, 0.1) is 5.95 Å². The highest BCUT2D eigenvalue weighted by Gasteiger charge is 2.29. The Morgan fingerprint density at radius 2 is 2.53 bits per heavy atom. The normalized spacial score (nSPS) is 28.2. The first-order valence-corrected chi connectivity index (χ1v) is 7.90. The molecular weight excluding hydrogens is 332 g/mol. The second-order valence-corrected chi connectivity index (χ2v) is 5.33. The van der Waals surface area contributed by atoms with E-state index in [2.05, 4.69) is 35.7 Å². The van der Waals surface area contributed by atoms with Gasteiger partial charge in [0.15, 0.2) is 0 Å². The molecule has 2 heterocycles. The standard InChI is InChI=1S/C8H11FIN3OS/c1-5-3-13(15-10)4-7(14-5)6-2-11-12-8(6)9/h2,5,7H,3-4H2,1H3,(H,11,12)/t5-,7-/m1/s1. The predicted octanol–water partition coefficient (Wildman–Crippen LogP) is 2.31. The van der Waals surface area contributed by atoms with E-state index in [1.54, 1.807) is 9.12 Å². The number of ether oxygens (including phenoxy) is 1. The molecule has 1 aromatic heterocycles. The molecule has 1 aliphatic heterocycles. The van der Waals surface area contributed by atoms with Crippen molar-refractivity contribution in [1.29, 1.82) is 0 Å². The number of morpholine rings is 1. The smallest absolute Gasteiger partial charge is 0.214 e. The molecule has 15 heavy (non-hydrogen) atoms. The lowest BCUT2D eigenvalue weighted by Gasteiger charge is -2.34. The van der Waals surface area contributed by atoms with Gasteiger partial charge in [-0.2, -0.15) is 9.49 Å². The Labute approximate surface area is 104 Å². The van der Waals surface area contributed by atoms with Crippen LogP contribution in [0.4, 0.5) is 4.39 Å². The van der Waals surface area contributed by atoms with Gasteiger partial charge in [0.25, 0.3) is 0 Å². The van der Waals surface area contributed by atoms with Gasteiger partial charge in [-0.05, 0) is 16.0 Å². The van der Waals surface area contributed by atoms with E-state index in [0.29, 0.717) is 12.1 Å². The maximum Gasteiger partial charge on any atom is 0.214 e. The first-order valence-electron chi connectivity index (χ1n) is 4.58. The lowest BCUT2D eigenvalue weighted by Crippen LogP contribution is -2.38. The van der Waals surface area contributed by atoms with Gasteiger partial charge in [-0.25, -0.2) is 4.31 Å². The van der Waals surface area contributed by atoms with Gasteiger partial charge >= 0.3 is 0 Å². The molecule has 84 valence electrons. The first-order chi connectivity index (χ1) is 7.20.